The smallest absolute Gasteiger partial charge is 0.101 e. The summed E-state index contributed by atoms with van der Waals surface area (Å²) in [6.07, 6.45) is 0. The number of quaternary nitrogens is 1. The Morgan fingerprint density at radius 2 is 1.00 bits per heavy atom. The molecule has 2 rings (SSSR count). The third kappa shape index (κ3) is 3.85. The van der Waals surface area contributed by atoms with E-state index in [0.717, 1.165) is 13.1 Å². The van der Waals surface area contributed by atoms with E-state index in [1.807, 2.05) is 0 Å². The highest BCUT2D eigenvalue weighted by Gasteiger charge is 1.95. The first-order chi connectivity index (χ1) is 7.45. The van der Waals surface area contributed by atoms with Gasteiger partial charge in [0.05, 0.1) is 0 Å². The third-order valence-corrected chi connectivity index (χ3v) is 2.45. The molecule has 3 N–H and O–H groups in total. The normalized spacial score (nSPS) is 9.50. The molecule has 0 spiro atoms. The molecule has 0 aromatic heterocycles. The fourth-order valence-corrected chi connectivity index (χ4v) is 1.63. The Morgan fingerprint density at radius 3 is 1.38 bits per heavy atom. The van der Waals surface area contributed by atoms with Crippen molar-refractivity contribution in [2.45, 2.75) is 13.1 Å². The predicted octanol–water partition coefficient (Wildman–Crippen LogP) is 1.77. The average Bonchev–Trinajstić information content (AvgIpc) is 2.32. The second kappa shape index (κ2) is 6.77. The lowest BCUT2D eigenvalue weighted by atomic mass is 10.2. The predicted molar refractivity (Wildman–Crippen MR) is 64.2 cm³/mol. The lowest BCUT2D eigenvalue weighted by Crippen LogP contribution is -2.80. The van der Waals surface area contributed by atoms with Crippen LogP contribution >= 0.6 is 0 Å². The molecule has 0 radical (unpaired) electrons. The number of hydrogen-bond acceptors (Lipinski definition) is 1. The molecule has 2 aromatic carbocycles. The lowest BCUT2D eigenvalue weighted by Gasteiger charge is -2.01. The van der Waals surface area contributed by atoms with E-state index >= 15 is 0 Å². The van der Waals surface area contributed by atoms with Crippen molar-refractivity contribution >= 4 is 0 Å². The van der Waals surface area contributed by atoms with Crippen molar-refractivity contribution in [1.82, 2.24) is 0 Å². The van der Waals surface area contributed by atoms with Crippen molar-refractivity contribution in [2.75, 3.05) is 0 Å². The van der Waals surface area contributed by atoms with Gasteiger partial charge in [-0.2, -0.15) is 0 Å². The van der Waals surface area contributed by atoms with Crippen molar-refractivity contribution in [1.29, 1.82) is 0 Å². The van der Waals surface area contributed by atoms with Crippen LogP contribution < -0.4 is 5.32 Å². The minimum Gasteiger partial charge on any atom is -0.870 e. The van der Waals surface area contributed by atoms with E-state index in [4.69, 9.17) is 0 Å². The van der Waals surface area contributed by atoms with Crippen LogP contribution in [0.15, 0.2) is 60.7 Å². The average molecular weight is 215 g/mol. The molecule has 0 bridgehead atoms. The maximum absolute atomic E-state index is 2.32. The molecule has 0 atom stereocenters. The first kappa shape index (κ1) is 12.4. The van der Waals surface area contributed by atoms with Crippen molar-refractivity contribution in [3.63, 3.8) is 0 Å². The third-order valence-electron chi connectivity index (χ3n) is 2.45. The van der Waals surface area contributed by atoms with Crippen molar-refractivity contribution < 1.29 is 10.8 Å². The minimum absolute atomic E-state index is 0. The molecule has 0 saturated heterocycles. The molecule has 84 valence electrons. The fraction of sp³-hybridized carbons (Fsp3) is 0.143. The summed E-state index contributed by atoms with van der Waals surface area (Å²) >= 11 is 0. The summed E-state index contributed by atoms with van der Waals surface area (Å²) in [5.74, 6) is 0. The minimum atomic E-state index is 0. The molecule has 0 aliphatic rings. The number of benzene rings is 2. The number of hydrogen-bond donors (Lipinski definition) is 1. The second-order valence-corrected chi connectivity index (χ2v) is 3.67. The van der Waals surface area contributed by atoms with E-state index in [2.05, 4.69) is 66.0 Å². The van der Waals surface area contributed by atoms with E-state index in [0.29, 0.717) is 0 Å². The van der Waals surface area contributed by atoms with Crippen LogP contribution in [0, 0.1) is 0 Å². The quantitative estimate of drug-likeness (QED) is 0.830. The highest BCUT2D eigenvalue weighted by atomic mass is 16.0. The van der Waals surface area contributed by atoms with E-state index in [9.17, 15) is 0 Å². The molecule has 0 amide bonds. The van der Waals surface area contributed by atoms with Gasteiger partial charge in [0.2, 0.25) is 0 Å². The van der Waals surface area contributed by atoms with E-state index in [1.165, 1.54) is 11.1 Å². The fourth-order valence-electron chi connectivity index (χ4n) is 1.63. The zero-order valence-electron chi connectivity index (χ0n) is 9.21. The van der Waals surface area contributed by atoms with Gasteiger partial charge in [-0.3, -0.25) is 0 Å². The zero-order valence-corrected chi connectivity index (χ0v) is 9.21. The molecule has 0 unspecified atom stereocenters. The van der Waals surface area contributed by atoms with Gasteiger partial charge >= 0.3 is 0 Å². The van der Waals surface area contributed by atoms with Crippen molar-refractivity contribution in [3.8, 4) is 0 Å². The van der Waals surface area contributed by atoms with Crippen LogP contribution in [0.5, 0.6) is 0 Å². The van der Waals surface area contributed by atoms with Gasteiger partial charge in [0.15, 0.2) is 0 Å². The van der Waals surface area contributed by atoms with Crippen LogP contribution in [0.1, 0.15) is 11.1 Å². The van der Waals surface area contributed by atoms with Gasteiger partial charge in [-0.05, 0) is 0 Å². The van der Waals surface area contributed by atoms with Crippen LogP contribution in [-0.2, 0) is 13.1 Å². The molecule has 2 aromatic rings. The monoisotopic (exact) mass is 215 g/mol. The number of rotatable bonds is 4. The first-order valence-corrected chi connectivity index (χ1v) is 5.34. The van der Waals surface area contributed by atoms with E-state index in [1.54, 1.807) is 0 Å². The molecule has 0 aliphatic carbocycles. The van der Waals surface area contributed by atoms with Crippen LogP contribution in [0.2, 0.25) is 0 Å². The van der Waals surface area contributed by atoms with Crippen molar-refractivity contribution in [2.24, 2.45) is 0 Å². The summed E-state index contributed by atoms with van der Waals surface area (Å²) in [6.45, 7) is 2.10. The van der Waals surface area contributed by atoms with Crippen LogP contribution in [0.25, 0.3) is 0 Å². The molecule has 16 heavy (non-hydrogen) atoms. The lowest BCUT2D eigenvalue weighted by molar-refractivity contribution is -0.686. The summed E-state index contributed by atoms with van der Waals surface area (Å²) in [5.41, 5.74) is 2.77. The van der Waals surface area contributed by atoms with Gasteiger partial charge in [-0.25, -0.2) is 0 Å². The Morgan fingerprint density at radius 1 is 0.625 bits per heavy atom. The van der Waals surface area contributed by atoms with Gasteiger partial charge in [-0.15, -0.1) is 0 Å². The Kier molecular flexibility index (Phi) is 5.26. The van der Waals surface area contributed by atoms with Gasteiger partial charge in [0.25, 0.3) is 0 Å². The number of nitrogens with two attached hydrogens (primary N) is 1. The highest BCUT2D eigenvalue weighted by Crippen LogP contribution is 1.96. The second-order valence-electron chi connectivity index (χ2n) is 3.67. The van der Waals surface area contributed by atoms with E-state index in [-0.39, 0.29) is 5.48 Å². The molecule has 0 heterocycles. The molecule has 0 fully saturated rings. The van der Waals surface area contributed by atoms with Crippen LogP contribution in [0.4, 0.5) is 0 Å². The summed E-state index contributed by atoms with van der Waals surface area (Å²) in [7, 11) is 0. The summed E-state index contributed by atoms with van der Waals surface area (Å²) in [5, 5.41) is 2.32. The molecule has 2 heteroatoms. The molecular weight excluding hydrogens is 198 g/mol. The Balaban J connectivity index is 0.00000128. The first-order valence-electron chi connectivity index (χ1n) is 5.34. The maximum atomic E-state index is 2.32. The standard InChI is InChI=1S/C14H15N.H2O/c1-3-7-13(8-4-1)11-15-12-14-9-5-2-6-10-14;/h1-10,15H,11-12H2;1H2. The maximum Gasteiger partial charge on any atom is 0.101 e. The van der Waals surface area contributed by atoms with Crippen LogP contribution in [0.3, 0.4) is 0 Å². The Labute approximate surface area is 96.2 Å². The summed E-state index contributed by atoms with van der Waals surface area (Å²) < 4.78 is 0. The Bertz CT molecular complexity index is 346. The largest absolute Gasteiger partial charge is 0.870 e. The SMILES string of the molecule is [OH-].c1ccc(C[NH2+]Cc2ccccc2)cc1. The summed E-state index contributed by atoms with van der Waals surface area (Å²) in [4.78, 5) is 0. The van der Waals surface area contributed by atoms with Gasteiger partial charge in [0, 0.05) is 11.1 Å². The van der Waals surface area contributed by atoms with Crippen molar-refractivity contribution in [3.05, 3.63) is 71.8 Å². The molecule has 2 nitrogen and oxygen atoms in total. The topological polar surface area (TPSA) is 46.6 Å². The summed E-state index contributed by atoms with van der Waals surface area (Å²) in [6, 6.07) is 21.1. The van der Waals surface area contributed by atoms with E-state index < -0.39 is 0 Å². The Hall–Kier alpha value is -1.64. The van der Waals surface area contributed by atoms with Gasteiger partial charge in [-0.1, -0.05) is 60.7 Å². The molecular formula is C14H17NO. The van der Waals surface area contributed by atoms with Gasteiger partial charge < -0.3 is 10.8 Å². The molecule has 0 saturated carbocycles. The van der Waals surface area contributed by atoms with Gasteiger partial charge in [0.1, 0.15) is 13.1 Å². The molecule has 0 aliphatic heterocycles. The zero-order chi connectivity index (χ0) is 10.3. The van der Waals surface area contributed by atoms with Crippen LogP contribution in [-0.4, -0.2) is 5.48 Å². The highest BCUT2D eigenvalue weighted by molar-refractivity contribution is 5.14.